The molecular formula is C25H13ClN2. The van der Waals surface area contributed by atoms with Crippen molar-refractivity contribution in [3.05, 3.63) is 83.9 Å². The number of halogens is 1. The molecule has 0 aromatic heterocycles. The molecule has 7 rings (SSSR count). The van der Waals surface area contributed by atoms with Gasteiger partial charge in [-0.1, -0.05) is 60.1 Å². The van der Waals surface area contributed by atoms with E-state index in [1.807, 2.05) is 12.1 Å². The van der Waals surface area contributed by atoms with E-state index in [-0.39, 0.29) is 0 Å². The summed E-state index contributed by atoms with van der Waals surface area (Å²) >= 11 is 6.32. The Kier molecular flexibility index (Phi) is 2.58. The molecule has 0 unspecified atom stereocenters. The molecule has 0 bridgehead atoms. The molecule has 0 atom stereocenters. The fraction of sp³-hybridized carbons (Fsp3) is 0. The van der Waals surface area contributed by atoms with Crippen molar-refractivity contribution >= 4 is 72.0 Å². The van der Waals surface area contributed by atoms with Crippen molar-refractivity contribution < 1.29 is 0 Å². The maximum Gasteiger partial charge on any atom is 0.146 e. The third-order valence-electron chi connectivity index (χ3n) is 5.94. The molecule has 130 valence electrons. The topological polar surface area (TPSA) is 16.1 Å². The number of hydrogen-bond acceptors (Lipinski definition) is 2. The highest BCUT2D eigenvalue weighted by Crippen LogP contribution is 2.53. The molecule has 28 heavy (non-hydrogen) atoms. The molecule has 2 nitrogen and oxygen atoms in total. The molecule has 0 saturated heterocycles. The Balaban J connectivity index is 1.89. The van der Waals surface area contributed by atoms with Gasteiger partial charge in [0.25, 0.3) is 0 Å². The summed E-state index contributed by atoms with van der Waals surface area (Å²) in [6, 6.07) is 27.8. The van der Waals surface area contributed by atoms with Crippen LogP contribution >= 0.6 is 11.6 Å². The molecule has 0 saturated carbocycles. The minimum absolute atomic E-state index is 0.743. The Morgan fingerprint density at radius 3 is 2.46 bits per heavy atom. The predicted octanol–water partition coefficient (Wildman–Crippen LogP) is 7.57. The Bertz CT molecular complexity index is 1590. The average Bonchev–Trinajstić information content (AvgIpc) is 2.73. The standard InChI is InChI=1S/C25H13ClN2/c26-16-9-11-17-15(12-16)13-22-19-6-2-1-5-18(19)20-10-8-14-4-3-7-21-23(14)24(20)28(22)25(17)27-21/h1-13H. The number of fused-ring (bicyclic) bond motifs is 5. The number of hydrogen-bond donors (Lipinski definition) is 0. The first-order valence-corrected chi connectivity index (χ1v) is 9.73. The third kappa shape index (κ3) is 1.67. The first-order chi connectivity index (χ1) is 13.8. The fourth-order valence-corrected chi connectivity index (χ4v) is 4.96. The SMILES string of the molecule is Clc1ccc2c3nc4cccc5ccc6c(c54)N3c(cc2c1)c1ccccc16. The van der Waals surface area contributed by atoms with E-state index < -0.39 is 0 Å². The maximum atomic E-state index is 6.32. The molecule has 0 radical (unpaired) electrons. The van der Waals surface area contributed by atoms with Crippen LogP contribution in [0.4, 0.5) is 17.2 Å². The third-order valence-corrected chi connectivity index (χ3v) is 6.17. The zero-order valence-electron chi connectivity index (χ0n) is 14.8. The second-order valence-electron chi connectivity index (χ2n) is 7.41. The second-order valence-corrected chi connectivity index (χ2v) is 7.85. The van der Waals surface area contributed by atoms with E-state index >= 15 is 0 Å². The van der Waals surface area contributed by atoms with Crippen LogP contribution in [0, 0.1) is 0 Å². The van der Waals surface area contributed by atoms with Crippen LogP contribution in [-0.4, -0.2) is 4.98 Å². The molecule has 4 aromatic rings. The second kappa shape index (κ2) is 4.92. The van der Waals surface area contributed by atoms with E-state index in [0.717, 1.165) is 27.1 Å². The number of rotatable bonds is 0. The summed E-state index contributed by atoms with van der Waals surface area (Å²) in [5.41, 5.74) is 3.43. The molecule has 3 aliphatic heterocycles. The van der Waals surface area contributed by atoms with Crippen molar-refractivity contribution in [2.24, 2.45) is 0 Å². The molecule has 3 heteroatoms. The number of aromatic nitrogens is 1. The van der Waals surface area contributed by atoms with Crippen LogP contribution in [0.15, 0.2) is 78.9 Å². The van der Waals surface area contributed by atoms with E-state index in [1.165, 1.54) is 38.3 Å². The van der Waals surface area contributed by atoms with Gasteiger partial charge in [0.05, 0.1) is 16.9 Å². The van der Waals surface area contributed by atoms with Crippen LogP contribution in [0.1, 0.15) is 0 Å². The number of nitrogens with zero attached hydrogens (tertiary/aromatic N) is 2. The normalized spacial score (nSPS) is 13.1. The Labute approximate surface area is 165 Å². The van der Waals surface area contributed by atoms with Gasteiger partial charge in [-0.2, -0.15) is 0 Å². The molecule has 3 heterocycles. The van der Waals surface area contributed by atoms with Gasteiger partial charge < -0.3 is 0 Å². The summed E-state index contributed by atoms with van der Waals surface area (Å²) in [5.74, 6) is 0.978. The smallest absolute Gasteiger partial charge is 0.146 e. The molecule has 0 amide bonds. The van der Waals surface area contributed by atoms with E-state index in [9.17, 15) is 0 Å². The van der Waals surface area contributed by atoms with Crippen molar-refractivity contribution in [3.8, 4) is 0 Å². The molecule has 0 aliphatic carbocycles. The van der Waals surface area contributed by atoms with E-state index in [0.29, 0.717) is 0 Å². The van der Waals surface area contributed by atoms with Gasteiger partial charge in [0.15, 0.2) is 0 Å². The first kappa shape index (κ1) is 14.7. The van der Waals surface area contributed by atoms with Gasteiger partial charge in [0, 0.05) is 26.6 Å². The highest BCUT2D eigenvalue weighted by Gasteiger charge is 2.30. The summed E-state index contributed by atoms with van der Waals surface area (Å²) in [4.78, 5) is 7.45. The van der Waals surface area contributed by atoms with Gasteiger partial charge in [-0.15, -0.1) is 0 Å². The van der Waals surface area contributed by atoms with Gasteiger partial charge in [0.2, 0.25) is 0 Å². The van der Waals surface area contributed by atoms with Crippen molar-refractivity contribution in [1.82, 2.24) is 4.98 Å². The number of benzene rings is 4. The van der Waals surface area contributed by atoms with Crippen LogP contribution in [0.25, 0.3) is 43.2 Å². The first-order valence-electron chi connectivity index (χ1n) is 9.35. The highest BCUT2D eigenvalue weighted by atomic mass is 35.5. The molecular weight excluding hydrogens is 364 g/mol. The van der Waals surface area contributed by atoms with E-state index in [1.54, 1.807) is 0 Å². The lowest BCUT2D eigenvalue weighted by Gasteiger charge is -2.35. The van der Waals surface area contributed by atoms with Crippen LogP contribution in [0.5, 0.6) is 0 Å². The summed E-state index contributed by atoms with van der Waals surface area (Å²) in [6.07, 6.45) is 0. The minimum atomic E-state index is 0.743. The summed E-state index contributed by atoms with van der Waals surface area (Å²) in [5, 5.41) is 9.18. The highest BCUT2D eigenvalue weighted by molar-refractivity contribution is 6.32. The summed E-state index contributed by atoms with van der Waals surface area (Å²) in [6.45, 7) is 0. The van der Waals surface area contributed by atoms with Gasteiger partial charge in [-0.05, 0) is 46.5 Å². The number of anilines is 3. The molecule has 3 aliphatic rings. The fourth-order valence-electron chi connectivity index (χ4n) is 4.78. The van der Waals surface area contributed by atoms with Crippen molar-refractivity contribution in [2.75, 3.05) is 4.90 Å². The monoisotopic (exact) mass is 376 g/mol. The Morgan fingerprint density at radius 1 is 0.679 bits per heavy atom. The van der Waals surface area contributed by atoms with Crippen molar-refractivity contribution in [1.29, 1.82) is 0 Å². The van der Waals surface area contributed by atoms with Gasteiger partial charge in [-0.3, -0.25) is 4.90 Å². The average molecular weight is 377 g/mol. The largest absolute Gasteiger partial charge is 0.293 e. The molecule has 0 fully saturated rings. The Hall–Kier alpha value is -3.36. The quantitative estimate of drug-likeness (QED) is 0.271. The lowest BCUT2D eigenvalue weighted by Crippen LogP contribution is -2.18. The van der Waals surface area contributed by atoms with Crippen LogP contribution in [-0.2, 0) is 0 Å². The lowest BCUT2D eigenvalue weighted by molar-refractivity contribution is 1.23. The van der Waals surface area contributed by atoms with Crippen LogP contribution < -0.4 is 4.90 Å². The lowest BCUT2D eigenvalue weighted by atomic mass is 9.93. The van der Waals surface area contributed by atoms with E-state index in [2.05, 4.69) is 71.6 Å². The zero-order valence-corrected chi connectivity index (χ0v) is 15.5. The van der Waals surface area contributed by atoms with Crippen LogP contribution in [0.3, 0.4) is 0 Å². The summed E-state index contributed by atoms with van der Waals surface area (Å²) in [7, 11) is 0. The molecule has 4 aromatic carbocycles. The van der Waals surface area contributed by atoms with Gasteiger partial charge >= 0.3 is 0 Å². The van der Waals surface area contributed by atoms with Gasteiger partial charge in [0.1, 0.15) is 5.82 Å². The van der Waals surface area contributed by atoms with E-state index in [4.69, 9.17) is 16.6 Å². The zero-order chi connectivity index (χ0) is 18.4. The Morgan fingerprint density at radius 2 is 1.54 bits per heavy atom. The van der Waals surface area contributed by atoms with Crippen molar-refractivity contribution in [2.45, 2.75) is 0 Å². The minimum Gasteiger partial charge on any atom is -0.293 e. The predicted molar refractivity (Wildman–Crippen MR) is 119 cm³/mol. The van der Waals surface area contributed by atoms with Crippen molar-refractivity contribution in [3.63, 3.8) is 0 Å². The molecule has 0 N–H and O–H groups in total. The van der Waals surface area contributed by atoms with Crippen LogP contribution in [0.2, 0.25) is 5.02 Å². The van der Waals surface area contributed by atoms with Gasteiger partial charge in [-0.25, -0.2) is 4.98 Å². The summed E-state index contributed by atoms with van der Waals surface area (Å²) < 4.78 is 0. The molecule has 0 spiro atoms. The maximum absolute atomic E-state index is 6.32.